The van der Waals surface area contributed by atoms with E-state index in [0.717, 1.165) is 16.2 Å². The van der Waals surface area contributed by atoms with E-state index in [1.54, 1.807) is 41.7 Å². The number of rotatable bonds is 4. The highest BCUT2D eigenvalue weighted by Gasteiger charge is 2.35. The van der Waals surface area contributed by atoms with Crippen molar-refractivity contribution in [3.05, 3.63) is 70.3 Å². The number of benzene rings is 1. The fourth-order valence-electron chi connectivity index (χ4n) is 2.94. The molecule has 7 heteroatoms. The fraction of sp³-hybridized carbons (Fsp3) is 0.158. The first-order valence-corrected chi connectivity index (χ1v) is 8.90. The lowest BCUT2D eigenvalue weighted by Gasteiger charge is -2.19. The maximum Gasteiger partial charge on any atom is 0.310 e. The molecule has 2 aromatic heterocycles. The highest BCUT2D eigenvalue weighted by Crippen LogP contribution is 2.37. The third-order valence-corrected chi connectivity index (χ3v) is 5.21. The average Bonchev–Trinajstić information content (AvgIpc) is 3.42. The molecule has 0 bridgehead atoms. The summed E-state index contributed by atoms with van der Waals surface area (Å²) >= 11 is 1.58. The molecule has 3 heterocycles. The van der Waals surface area contributed by atoms with E-state index in [1.807, 2.05) is 17.5 Å². The molecule has 0 saturated heterocycles. The van der Waals surface area contributed by atoms with Crippen molar-refractivity contribution in [3.63, 3.8) is 0 Å². The summed E-state index contributed by atoms with van der Waals surface area (Å²) in [4.78, 5) is 13.9. The van der Waals surface area contributed by atoms with Crippen molar-refractivity contribution in [2.24, 2.45) is 5.10 Å². The molecule has 0 unspecified atom stereocenters. The molecule has 3 aromatic rings. The Morgan fingerprint density at radius 1 is 1.35 bits per heavy atom. The Morgan fingerprint density at radius 3 is 2.92 bits per heavy atom. The first-order chi connectivity index (χ1) is 12.7. The van der Waals surface area contributed by atoms with E-state index in [1.165, 1.54) is 18.4 Å². The van der Waals surface area contributed by atoms with Gasteiger partial charge in [0, 0.05) is 16.9 Å². The van der Waals surface area contributed by atoms with Gasteiger partial charge in [-0.25, -0.2) is 5.01 Å². The first kappa shape index (κ1) is 16.4. The second kappa shape index (κ2) is 6.68. The zero-order chi connectivity index (χ0) is 18.1. The monoisotopic (exact) mass is 368 g/mol. The van der Waals surface area contributed by atoms with E-state index in [9.17, 15) is 9.90 Å². The molecule has 1 aromatic carbocycles. The smallest absolute Gasteiger partial charge is 0.310 e. The molecule has 6 nitrogen and oxygen atoms in total. The number of hydrazone groups is 1. The summed E-state index contributed by atoms with van der Waals surface area (Å²) in [6.45, 7) is 0. The van der Waals surface area contributed by atoms with Gasteiger partial charge in [0.05, 0.1) is 25.1 Å². The minimum Gasteiger partial charge on any atom is -0.504 e. The van der Waals surface area contributed by atoms with E-state index < -0.39 is 0 Å². The summed E-state index contributed by atoms with van der Waals surface area (Å²) in [6, 6.07) is 12.1. The molecule has 0 aliphatic carbocycles. The van der Waals surface area contributed by atoms with Gasteiger partial charge in [0.15, 0.2) is 17.3 Å². The number of thiophene rings is 1. The molecular weight excluding hydrogens is 352 g/mol. The number of amides is 1. The van der Waals surface area contributed by atoms with Gasteiger partial charge < -0.3 is 14.3 Å². The topological polar surface area (TPSA) is 75.3 Å². The number of methoxy groups -OCH3 is 1. The molecule has 0 saturated carbocycles. The van der Waals surface area contributed by atoms with Gasteiger partial charge in [0.25, 0.3) is 0 Å². The highest BCUT2D eigenvalue weighted by atomic mass is 32.1. The number of hydrogen-bond acceptors (Lipinski definition) is 6. The number of phenols is 1. The van der Waals surface area contributed by atoms with E-state index in [0.29, 0.717) is 12.2 Å². The van der Waals surface area contributed by atoms with Crippen LogP contribution < -0.4 is 4.74 Å². The summed E-state index contributed by atoms with van der Waals surface area (Å²) < 4.78 is 10.4. The lowest BCUT2D eigenvalue weighted by atomic mass is 10.0. The van der Waals surface area contributed by atoms with Gasteiger partial charge in [-0.3, -0.25) is 4.79 Å². The lowest BCUT2D eigenvalue weighted by Crippen LogP contribution is -2.26. The maximum absolute atomic E-state index is 12.8. The molecule has 0 radical (unpaired) electrons. The van der Waals surface area contributed by atoms with Crippen molar-refractivity contribution in [2.75, 3.05) is 7.11 Å². The van der Waals surface area contributed by atoms with Gasteiger partial charge in [-0.2, -0.15) is 5.10 Å². The number of hydrogen-bond donors (Lipinski definition) is 1. The average molecular weight is 368 g/mol. The van der Waals surface area contributed by atoms with Crippen LogP contribution in [-0.2, 0) is 0 Å². The van der Waals surface area contributed by atoms with Crippen LogP contribution in [0.3, 0.4) is 0 Å². The molecule has 1 N–H and O–H groups in total. The predicted octanol–water partition coefficient (Wildman–Crippen LogP) is 4.05. The van der Waals surface area contributed by atoms with Crippen molar-refractivity contribution in [3.8, 4) is 11.5 Å². The van der Waals surface area contributed by atoms with Gasteiger partial charge in [-0.05, 0) is 41.8 Å². The Morgan fingerprint density at radius 2 is 2.23 bits per heavy atom. The van der Waals surface area contributed by atoms with Crippen LogP contribution in [0, 0.1) is 0 Å². The van der Waals surface area contributed by atoms with Gasteiger partial charge >= 0.3 is 5.91 Å². The molecule has 4 rings (SSSR count). The van der Waals surface area contributed by atoms with Crippen LogP contribution in [0.2, 0.25) is 0 Å². The molecule has 0 fully saturated rings. The van der Waals surface area contributed by atoms with Crippen molar-refractivity contribution >= 4 is 23.0 Å². The summed E-state index contributed by atoms with van der Waals surface area (Å²) in [5.74, 6) is 0.399. The number of phenolic OH excluding ortho intramolecular Hbond substituents is 1. The van der Waals surface area contributed by atoms with Crippen LogP contribution in [0.5, 0.6) is 11.5 Å². The van der Waals surface area contributed by atoms with E-state index in [4.69, 9.17) is 9.15 Å². The van der Waals surface area contributed by atoms with Crippen LogP contribution in [0.25, 0.3) is 0 Å². The Labute approximate surface area is 153 Å². The van der Waals surface area contributed by atoms with Crippen molar-refractivity contribution in [2.45, 2.75) is 12.5 Å². The lowest BCUT2D eigenvalue weighted by molar-refractivity contribution is 0.0681. The van der Waals surface area contributed by atoms with Crippen LogP contribution in [0.4, 0.5) is 0 Å². The second-order valence-electron chi connectivity index (χ2n) is 5.80. The zero-order valence-corrected chi connectivity index (χ0v) is 14.8. The number of aromatic hydroxyl groups is 1. The zero-order valence-electron chi connectivity index (χ0n) is 14.0. The Kier molecular flexibility index (Phi) is 4.22. The predicted molar refractivity (Wildman–Crippen MR) is 97.8 cm³/mol. The van der Waals surface area contributed by atoms with E-state index in [-0.39, 0.29) is 23.5 Å². The number of furan rings is 1. The third kappa shape index (κ3) is 2.86. The summed E-state index contributed by atoms with van der Waals surface area (Å²) in [5.41, 5.74) is 1.55. The largest absolute Gasteiger partial charge is 0.504 e. The maximum atomic E-state index is 12.8. The molecule has 1 atom stereocenters. The van der Waals surface area contributed by atoms with Gasteiger partial charge in [0.2, 0.25) is 0 Å². The minimum atomic E-state index is -0.283. The molecule has 1 amide bonds. The molecule has 1 aliphatic heterocycles. The number of nitrogens with zero attached hydrogens (tertiary/aromatic N) is 2. The van der Waals surface area contributed by atoms with Crippen LogP contribution in [0.1, 0.15) is 33.5 Å². The van der Waals surface area contributed by atoms with Crippen LogP contribution in [0.15, 0.2) is 63.6 Å². The molecule has 1 aliphatic rings. The minimum absolute atomic E-state index is 0.0631. The SMILES string of the molecule is COc1cc(C2=NN(C(=O)c3ccco3)[C@H](c3cccs3)C2)ccc1O. The quantitative estimate of drug-likeness (QED) is 0.754. The molecule has 132 valence electrons. The number of carbonyl (C=O) groups is 1. The van der Waals surface area contributed by atoms with Gasteiger partial charge in [0.1, 0.15) is 0 Å². The summed E-state index contributed by atoms with van der Waals surface area (Å²) in [7, 11) is 1.50. The van der Waals surface area contributed by atoms with E-state index in [2.05, 4.69) is 5.10 Å². The number of carbonyl (C=O) groups excluding carboxylic acids is 1. The van der Waals surface area contributed by atoms with Crippen molar-refractivity contribution < 1.29 is 19.1 Å². The number of ether oxygens (including phenoxy) is 1. The van der Waals surface area contributed by atoms with E-state index >= 15 is 0 Å². The Balaban J connectivity index is 1.72. The fourth-order valence-corrected chi connectivity index (χ4v) is 3.76. The van der Waals surface area contributed by atoms with Crippen molar-refractivity contribution in [1.82, 2.24) is 5.01 Å². The standard InChI is InChI=1S/C19H16N2O4S/c1-24-17-10-12(6-7-15(17)22)13-11-14(18-5-3-9-26-18)21(20-13)19(23)16-4-2-8-25-16/h2-10,14,22H,11H2,1H3/t14-/m0/s1. The summed E-state index contributed by atoms with van der Waals surface area (Å²) in [6.07, 6.45) is 2.04. The first-order valence-electron chi connectivity index (χ1n) is 8.02. The molecule has 26 heavy (non-hydrogen) atoms. The van der Waals surface area contributed by atoms with Crippen LogP contribution >= 0.6 is 11.3 Å². The Bertz CT molecular complexity index is 948. The van der Waals surface area contributed by atoms with Crippen molar-refractivity contribution in [1.29, 1.82) is 0 Å². The Hall–Kier alpha value is -3.06. The van der Waals surface area contributed by atoms with Gasteiger partial charge in [-0.15, -0.1) is 11.3 Å². The normalized spacial score (nSPS) is 16.6. The molecular formula is C19H16N2O4S. The molecule has 0 spiro atoms. The van der Waals surface area contributed by atoms with Crippen LogP contribution in [-0.4, -0.2) is 28.8 Å². The summed E-state index contributed by atoms with van der Waals surface area (Å²) in [5, 5.41) is 17.8. The second-order valence-corrected chi connectivity index (χ2v) is 6.77. The van der Waals surface area contributed by atoms with Gasteiger partial charge in [-0.1, -0.05) is 6.07 Å². The highest BCUT2D eigenvalue weighted by molar-refractivity contribution is 7.10. The third-order valence-electron chi connectivity index (χ3n) is 4.23.